The highest BCUT2D eigenvalue weighted by atomic mass is 32.2. The van der Waals surface area contributed by atoms with Gasteiger partial charge in [-0.25, -0.2) is 17.2 Å². The van der Waals surface area contributed by atoms with Gasteiger partial charge < -0.3 is 4.57 Å². The van der Waals surface area contributed by atoms with E-state index in [0.29, 0.717) is 5.56 Å². The molecule has 0 radical (unpaired) electrons. The average Bonchev–Trinajstić information content (AvgIpc) is 2.72. The first kappa shape index (κ1) is 20.9. The molecular formula is C24H19F2NO3S. The van der Waals surface area contributed by atoms with Gasteiger partial charge in [0.2, 0.25) is 15.3 Å². The molecule has 0 aliphatic carbocycles. The second-order valence-corrected chi connectivity index (χ2v) is 9.38. The molecule has 1 aromatic heterocycles. The van der Waals surface area contributed by atoms with Gasteiger partial charge in [-0.05, 0) is 37.1 Å². The number of rotatable bonds is 4. The summed E-state index contributed by atoms with van der Waals surface area (Å²) in [7, 11) is -4.20. The van der Waals surface area contributed by atoms with Crippen molar-refractivity contribution in [3.63, 3.8) is 0 Å². The van der Waals surface area contributed by atoms with Crippen LogP contribution in [0.4, 0.5) is 8.78 Å². The summed E-state index contributed by atoms with van der Waals surface area (Å²) in [6.07, 6.45) is 1.21. The van der Waals surface area contributed by atoms with Gasteiger partial charge in [-0.15, -0.1) is 0 Å². The predicted molar refractivity (Wildman–Crippen MR) is 115 cm³/mol. The standard InChI is InChI=1S/C24H19F2NO3S/c1-15-8-9-22(16(2)10-15)31(29,30)23-14-27(13-17-6-4-3-5-7-17)21-12-20(26)19(25)11-18(21)24(23)28/h3-12,14H,13H2,1-2H3. The number of sulfone groups is 1. The number of pyridine rings is 1. The highest BCUT2D eigenvalue weighted by Crippen LogP contribution is 2.26. The van der Waals surface area contributed by atoms with E-state index < -0.39 is 31.8 Å². The summed E-state index contributed by atoms with van der Waals surface area (Å²) >= 11 is 0. The Hall–Kier alpha value is -3.32. The van der Waals surface area contributed by atoms with Crippen molar-refractivity contribution in [3.8, 4) is 0 Å². The first-order chi connectivity index (χ1) is 14.7. The zero-order chi connectivity index (χ0) is 22.3. The Kier molecular flexibility index (Phi) is 5.23. The van der Waals surface area contributed by atoms with Crippen LogP contribution in [0.25, 0.3) is 10.9 Å². The molecule has 4 nitrogen and oxygen atoms in total. The Labute approximate surface area is 178 Å². The third kappa shape index (κ3) is 3.77. The number of benzene rings is 3. The maximum atomic E-state index is 14.0. The fourth-order valence-corrected chi connectivity index (χ4v) is 5.27. The van der Waals surface area contributed by atoms with E-state index >= 15 is 0 Å². The summed E-state index contributed by atoms with van der Waals surface area (Å²) in [5.74, 6) is -2.32. The van der Waals surface area contributed by atoms with Crippen LogP contribution in [0, 0.1) is 25.5 Å². The summed E-state index contributed by atoms with van der Waals surface area (Å²) < 4.78 is 56.2. The van der Waals surface area contributed by atoms with Crippen molar-refractivity contribution >= 4 is 20.7 Å². The maximum absolute atomic E-state index is 14.0. The number of hydrogen-bond acceptors (Lipinski definition) is 3. The van der Waals surface area contributed by atoms with Crippen molar-refractivity contribution in [1.82, 2.24) is 4.57 Å². The van der Waals surface area contributed by atoms with E-state index in [9.17, 15) is 22.0 Å². The fraction of sp³-hybridized carbons (Fsp3) is 0.125. The zero-order valence-electron chi connectivity index (χ0n) is 16.9. The molecular weight excluding hydrogens is 420 g/mol. The molecule has 0 fully saturated rings. The largest absolute Gasteiger partial charge is 0.341 e. The molecule has 0 aliphatic heterocycles. The van der Waals surface area contributed by atoms with Crippen molar-refractivity contribution in [1.29, 1.82) is 0 Å². The van der Waals surface area contributed by atoms with Gasteiger partial charge in [-0.1, -0.05) is 48.0 Å². The summed E-state index contributed by atoms with van der Waals surface area (Å²) in [6, 6.07) is 15.6. The molecule has 0 bridgehead atoms. The first-order valence-electron chi connectivity index (χ1n) is 9.57. The van der Waals surface area contributed by atoms with Gasteiger partial charge in [0.25, 0.3) is 0 Å². The van der Waals surface area contributed by atoms with Crippen LogP contribution < -0.4 is 5.43 Å². The van der Waals surface area contributed by atoms with Gasteiger partial charge in [0.1, 0.15) is 4.90 Å². The number of halogens is 2. The van der Waals surface area contributed by atoms with Crippen LogP contribution in [-0.2, 0) is 16.4 Å². The van der Waals surface area contributed by atoms with Gasteiger partial charge in [0, 0.05) is 18.8 Å². The average molecular weight is 439 g/mol. The molecule has 3 aromatic carbocycles. The number of fused-ring (bicyclic) bond motifs is 1. The molecule has 0 saturated carbocycles. The summed E-state index contributed by atoms with van der Waals surface area (Å²) in [4.78, 5) is 12.6. The second-order valence-electron chi connectivity index (χ2n) is 7.49. The van der Waals surface area contributed by atoms with Crippen LogP contribution >= 0.6 is 0 Å². The molecule has 158 valence electrons. The van der Waals surface area contributed by atoms with E-state index in [1.807, 2.05) is 37.3 Å². The molecule has 1 heterocycles. The van der Waals surface area contributed by atoms with E-state index in [-0.39, 0.29) is 22.3 Å². The lowest BCUT2D eigenvalue weighted by Gasteiger charge is -2.15. The SMILES string of the molecule is Cc1ccc(S(=O)(=O)c2cn(Cc3ccccc3)c3cc(F)c(F)cc3c2=O)c(C)c1. The Morgan fingerprint density at radius 2 is 1.55 bits per heavy atom. The van der Waals surface area contributed by atoms with E-state index in [2.05, 4.69) is 0 Å². The van der Waals surface area contributed by atoms with Crippen LogP contribution in [0.2, 0.25) is 0 Å². The second kappa shape index (κ2) is 7.74. The van der Waals surface area contributed by atoms with Crippen molar-refractivity contribution < 1.29 is 17.2 Å². The van der Waals surface area contributed by atoms with Crippen molar-refractivity contribution in [3.05, 3.63) is 105 Å². The van der Waals surface area contributed by atoms with Gasteiger partial charge in [-0.2, -0.15) is 0 Å². The van der Waals surface area contributed by atoms with E-state index in [0.717, 1.165) is 23.3 Å². The molecule has 7 heteroatoms. The lowest BCUT2D eigenvalue weighted by molar-refractivity contribution is 0.510. The highest BCUT2D eigenvalue weighted by Gasteiger charge is 2.26. The summed E-state index contributed by atoms with van der Waals surface area (Å²) in [5.41, 5.74) is 1.45. The molecule has 0 aliphatic rings. The molecule has 4 aromatic rings. The third-order valence-corrected chi connectivity index (χ3v) is 7.10. The molecule has 31 heavy (non-hydrogen) atoms. The van der Waals surface area contributed by atoms with Crippen LogP contribution in [-0.4, -0.2) is 13.0 Å². The van der Waals surface area contributed by atoms with Crippen molar-refractivity contribution in [2.45, 2.75) is 30.2 Å². The molecule has 0 spiro atoms. The fourth-order valence-electron chi connectivity index (χ4n) is 3.68. The monoisotopic (exact) mass is 439 g/mol. The number of aryl methyl sites for hydroxylation is 2. The molecule has 0 amide bonds. The Balaban J connectivity index is 2.03. The van der Waals surface area contributed by atoms with Crippen molar-refractivity contribution in [2.75, 3.05) is 0 Å². The van der Waals surface area contributed by atoms with Crippen LogP contribution in [0.15, 0.2) is 81.4 Å². The van der Waals surface area contributed by atoms with E-state index in [1.165, 1.54) is 16.8 Å². The van der Waals surface area contributed by atoms with Gasteiger partial charge in [0.05, 0.1) is 15.8 Å². The molecule has 0 N–H and O–H groups in total. The Morgan fingerprint density at radius 3 is 2.23 bits per heavy atom. The molecule has 0 unspecified atom stereocenters. The third-order valence-electron chi connectivity index (χ3n) is 5.19. The predicted octanol–water partition coefficient (Wildman–Crippen LogP) is 4.78. The smallest absolute Gasteiger partial charge is 0.212 e. The lowest BCUT2D eigenvalue weighted by Crippen LogP contribution is -2.20. The summed E-state index contributed by atoms with van der Waals surface area (Å²) in [6.45, 7) is 3.67. The van der Waals surface area contributed by atoms with Gasteiger partial charge in [0.15, 0.2) is 11.6 Å². The van der Waals surface area contributed by atoms with Gasteiger partial charge >= 0.3 is 0 Å². The topological polar surface area (TPSA) is 56.1 Å². The van der Waals surface area contributed by atoms with Crippen LogP contribution in [0.1, 0.15) is 16.7 Å². The van der Waals surface area contributed by atoms with Gasteiger partial charge in [-0.3, -0.25) is 4.79 Å². The van der Waals surface area contributed by atoms with E-state index in [1.54, 1.807) is 19.1 Å². The number of aromatic nitrogens is 1. The molecule has 4 rings (SSSR count). The minimum absolute atomic E-state index is 0.00314. The maximum Gasteiger partial charge on any atom is 0.212 e. The number of hydrogen-bond donors (Lipinski definition) is 0. The van der Waals surface area contributed by atoms with Crippen LogP contribution in [0.3, 0.4) is 0 Å². The van der Waals surface area contributed by atoms with E-state index in [4.69, 9.17) is 0 Å². The quantitative estimate of drug-likeness (QED) is 0.460. The first-order valence-corrected chi connectivity index (χ1v) is 11.1. The molecule has 0 atom stereocenters. The van der Waals surface area contributed by atoms with Crippen molar-refractivity contribution in [2.24, 2.45) is 0 Å². The molecule has 0 saturated heterocycles. The Bertz CT molecular complexity index is 1480. The Morgan fingerprint density at radius 1 is 0.871 bits per heavy atom. The number of nitrogens with zero attached hydrogens (tertiary/aromatic N) is 1. The normalized spacial score (nSPS) is 11.7. The zero-order valence-corrected chi connectivity index (χ0v) is 17.7. The highest BCUT2D eigenvalue weighted by molar-refractivity contribution is 7.91. The minimum atomic E-state index is -4.20. The summed E-state index contributed by atoms with van der Waals surface area (Å²) in [5, 5.41) is -0.194. The lowest BCUT2D eigenvalue weighted by atomic mass is 10.1. The van der Waals surface area contributed by atoms with Crippen LogP contribution in [0.5, 0.6) is 0 Å². The minimum Gasteiger partial charge on any atom is -0.341 e.